The normalized spacial score (nSPS) is 17.2. The second kappa shape index (κ2) is 6.60. The molecule has 1 saturated heterocycles. The third-order valence-corrected chi connectivity index (χ3v) is 4.31. The van der Waals surface area contributed by atoms with Crippen molar-refractivity contribution in [1.82, 2.24) is 4.90 Å². The van der Waals surface area contributed by atoms with Gasteiger partial charge in [0.1, 0.15) is 0 Å². The molecular weight excluding hydrogens is 292 g/mol. The summed E-state index contributed by atoms with van der Waals surface area (Å²) in [7, 11) is 0. The number of non-ortho nitro benzene ring substituents is 1. The first-order valence-corrected chi connectivity index (χ1v) is 7.69. The van der Waals surface area contributed by atoms with Crippen molar-refractivity contribution in [3.63, 3.8) is 0 Å². The monoisotopic (exact) mass is 310 g/mol. The summed E-state index contributed by atoms with van der Waals surface area (Å²) >= 11 is 0. The van der Waals surface area contributed by atoms with E-state index in [-0.39, 0.29) is 11.6 Å². The summed E-state index contributed by atoms with van der Waals surface area (Å²) in [6.45, 7) is 1.52. The molecule has 5 nitrogen and oxygen atoms in total. The number of hydrogen-bond donors (Lipinski definition) is 0. The Morgan fingerprint density at radius 1 is 1.13 bits per heavy atom. The molecule has 0 bridgehead atoms. The fourth-order valence-electron chi connectivity index (χ4n) is 3.01. The molecule has 0 saturated carbocycles. The van der Waals surface area contributed by atoms with Crippen LogP contribution in [0.5, 0.6) is 0 Å². The number of nitrogens with zero attached hydrogens (tertiary/aromatic N) is 2. The van der Waals surface area contributed by atoms with E-state index < -0.39 is 4.92 Å². The van der Waals surface area contributed by atoms with Gasteiger partial charge in [-0.3, -0.25) is 14.9 Å². The summed E-state index contributed by atoms with van der Waals surface area (Å²) in [6, 6.07) is 16.5. The number of amides is 1. The van der Waals surface area contributed by atoms with Crippen molar-refractivity contribution in [3.8, 4) is 0 Å². The van der Waals surface area contributed by atoms with Crippen LogP contribution in [0.15, 0.2) is 54.6 Å². The summed E-state index contributed by atoms with van der Waals surface area (Å²) < 4.78 is 0. The number of rotatable bonds is 4. The van der Waals surface area contributed by atoms with E-state index >= 15 is 0 Å². The summed E-state index contributed by atoms with van der Waals surface area (Å²) in [6.07, 6.45) is 1.27. The SMILES string of the molecule is O=C(Cc1ccc([N+](=O)[O-])cc1)N1CCC(c2ccccc2)C1. The van der Waals surface area contributed by atoms with Crippen LogP contribution in [0.1, 0.15) is 23.5 Å². The van der Waals surface area contributed by atoms with Gasteiger partial charge in [-0.2, -0.15) is 0 Å². The van der Waals surface area contributed by atoms with Gasteiger partial charge < -0.3 is 4.90 Å². The Morgan fingerprint density at radius 2 is 1.83 bits per heavy atom. The molecular formula is C18H18N2O3. The number of likely N-dealkylation sites (tertiary alicyclic amines) is 1. The van der Waals surface area contributed by atoms with Crippen LogP contribution in [0, 0.1) is 10.1 Å². The molecule has 0 radical (unpaired) electrons. The highest BCUT2D eigenvalue weighted by atomic mass is 16.6. The molecule has 118 valence electrons. The molecule has 1 aliphatic rings. The minimum atomic E-state index is -0.434. The topological polar surface area (TPSA) is 63.4 Å². The molecule has 1 aliphatic heterocycles. The van der Waals surface area contributed by atoms with Gasteiger partial charge in [-0.05, 0) is 17.5 Å². The maximum absolute atomic E-state index is 12.4. The first-order chi connectivity index (χ1) is 11.1. The Kier molecular flexibility index (Phi) is 4.37. The van der Waals surface area contributed by atoms with Crippen LogP contribution < -0.4 is 0 Å². The fraction of sp³-hybridized carbons (Fsp3) is 0.278. The Bertz CT molecular complexity index is 698. The predicted octanol–water partition coefficient (Wildman–Crippen LogP) is 3.15. The maximum atomic E-state index is 12.4. The lowest BCUT2D eigenvalue weighted by atomic mass is 9.99. The van der Waals surface area contributed by atoms with Crippen LogP contribution in [0.4, 0.5) is 5.69 Å². The molecule has 3 rings (SSSR count). The minimum absolute atomic E-state index is 0.0477. The number of nitro groups is 1. The molecule has 1 amide bonds. The minimum Gasteiger partial charge on any atom is -0.342 e. The van der Waals surface area contributed by atoms with Crippen LogP contribution in [0.25, 0.3) is 0 Å². The molecule has 5 heteroatoms. The number of carbonyl (C=O) groups is 1. The van der Waals surface area contributed by atoms with Gasteiger partial charge >= 0.3 is 0 Å². The van der Waals surface area contributed by atoms with E-state index in [1.165, 1.54) is 17.7 Å². The molecule has 1 unspecified atom stereocenters. The van der Waals surface area contributed by atoms with Crippen LogP contribution in [0.2, 0.25) is 0 Å². The molecule has 1 atom stereocenters. The highest BCUT2D eigenvalue weighted by Crippen LogP contribution is 2.27. The first-order valence-electron chi connectivity index (χ1n) is 7.69. The molecule has 0 spiro atoms. The molecule has 0 aromatic heterocycles. The quantitative estimate of drug-likeness (QED) is 0.643. The first kappa shape index (κ1) is 15.2. The van der Waals surface area contributed by atoms with Crippen molar-refractivity contribution in [2.45, 2.75) is 18.8 Å². The second-order valence-electron chi connectivity index (χ2n) is 5.84. The third-order valence-electron chi connectivity index (χ3n) is 4.31. The summed E-state index contributed by atoms with van der Waals surface area (Å²) in [5, 5.41) is 10.6. The average Bonchev–Trinajstić information content (AvgIpc) is 3.06. The zero-order valence-corrected chi connectivity index (χ0v) is 12.7. The van der Waals surface area contributed by atoms with Crippen LogP contribution in [0.3, 0.4) is 0 Å². The van der Waals surface area contributed by atoms with E-state index in [4.69, 9.17) is 0 Å². The van der Waals surface area contributed by atoms with E-state index in [0.29, 0.717) is 12.3 Å². The molecule has 1 heterocycles. The molecule has 2 aromatic rings. The van der Waals surface area contributed by atoms with Gasteiger partial charge in [-0.15, -0.1) is 0 Å². The van der Waals surface area contributed by atoms with Crippen molar-refractivity contribution in [3.05, 3.63) is 75.8 Å². The zero-order chi connectivity index (χ0) is 16.2. The Labute approximate surface area is 134 Å². The van der Waals surface area contributed by atoms with Crippen LogP contribution in [-0.2, 0) is 11.2 Å². The fourth-order valence-corrected chi connectivity index (χ4v) is 3.01. The van der Waals surface area contributed by atoms with Gasteiger partial charge in [-0.25, -0.2) is 0 Å². The molecule has 1 fully saturated rings. The Morgan fingerprint density at radius 3 is 2.48 bits per heavy atom. The van der Waals surface area contributed by atoms with Crippen molar-refractivity contribution in [2.24, 2.45) is 0 Å². The van der Waals surface area contributed by atoms with Crippen molar-refractivity contribution >= 4 is 11.6 Å². The van der Waals surface area contributed by atoms with E-state index in [1.54, 1.807) is 12.1 Å². The summed E-state index contributed by atoms with van der Waals surface area (Å²) in [5.41, 5.74) is 2.13. The molecule has 0 N–H and O–H groups in total. The zero-order valence-electron chi connectivity index (χ0n) is 12.7. The van der Waals surface area contributed by atoms with Crippen molar-refractivity contribution < 1.29 is 9.72 Å². The van der Waals surface area contributed by atoms with E-state index in [9.17, 15) is 14.9 Å². The highest BCUT2D eigenvalue weighted by Gasteiger charge is 2.27. The van der Waals surface area contributed by atoms with Gasteiger partial charge in [0.15, 0.2) is 0 Å². The second-order valence-corrected chi connectivity index (χ2v) is 5.84. The van der Waals surface area contributed by atoms with Crippen molar-refractivity contribution in [2.75, 3.05) is 13.1 Å². The number of benzene rings is 2. The average molecular weight is 310 g/mol. The van der Waals surface area contributed by atoms with Gasteiger partial charge in [-0.1, -0.05) is 42.5 Å². The number of nitro benzene ring substituents is 1. The third kappa shape index (κ3) is 3.56. The predicted molar refractivity (Wildman–Crippen MR) is 87.2 cm³/mol. The smallest absolute Gasteiger partial charge is 0.269 e. The van der Waals surface area contributed by atoms with Crippen LogP contribution >= 0.6 is 0 Å². The summed E-state index contributed by atoms with van der Waals surface area (Å²) in [4.78, 5) is 24.5. The van der Waals surface area contributed by atoms with E-state index in [0.717, 1.165) is 25.1 Å². The van der Waals surface area contributed by atoms with Gasteiger partial charge in [0, 0.05) is 31.1 Å². The van der Waals surface area contributed by atoms with Gasteiger partial charge in [0.25, 0.3) is 5.69 Å². The lowest BCUT2D eigenvalue weighted by Crippen LogP contribution is -2.29. The molecule has 23 heavy (non-hydrogen) atoms. The molecule has 0 aliphatic carbocycles. The standard InChI is InChI=1S/C18H18N2O3/c21-18(12-14-6-8-17(9-7-14)20(22)23)19-11-10-16(13-19)15-4-2-1-3-5-15/h1-9,16H,10-13H2. The van der Waals surface area contributed by atoms with Gasteiger partial charge in [0.2, 0.25) is 5.91 Å². The lowest BCUT2D eigenvalue weighted by Gasteiger charge is -2.17. The Balaban J connectivity index is 1.60. The van der Waals surface area contributed by atoms with E-state index in [1.807, 2.05) is 23.1 Å². The maximum Gasteiger partial charge on any atom is 0.269 e. The van der Waals surface area contributed by atoms with E-state index in [2.05, 4.69) is 12.1 Å². The Hall–Kier alpha value is -2.69. The largest absolute Gasteiger partial charge is 0.342 e. The van der Waals surface area contributed by atoms with Gasteiger partial charge in [0.05, 0.1) is 11.3 Å². The van der Waals surface area contributed by atoms with Crippen LogP contribution in [-0.4, -0.2) is 28.8 Å². The summed E-state index contributed by atoms with van der Waals surface area (Å²) in [5.74, 6) is 0.481. The molecule has 2 aromatic carbocycles. The number of carbonyl (C=O) groups excluding carboxylic acids is 1. The highest BCUT2D eigenvalue weighted by molar-refractivity contribution is 5.79. The lowest BCUT2D eigenvalue weighted by molar-refractivity contribution is -0.384. The van der Waals surface area contributed by atoms with Crippen molar-refractivity contribution in [1.29, 1.82) is 0 Å². The number of hydrogen-bond acceptors (Lipinski definition) is 3.